The van der Waals surface area contributed by atoms with Gasteiger partial charge in [0.2, 0.25) is 0 Å². The van der Waals surface area contributed by atoms with Crippen LogP contribution in [-0.4, -0.2) is 49.8 Å². The van der Waals surface area contributed by atoms with E-state index in [1.165, 1.54) is 0 Å². The number of rotatable bonds is 9. The van der Waals surface area contributed by atoms with Gasteiger partial charge >= 0.3 is 0 Å². The van der Waals surface area contributed by atoms with Gasteiger partial charge in [0.1, 0.15) is 23.3 Å². The summed E-state index contributed by atoms with van der Waals surface area (Å²) in [5.41, 5.74) is 5.91. The molecule has 0 aliphatic rings. The third-order valence-corrected chi connectivity index (χ3v) is 8.44. The molecular formula is C42H40N10. The zero-order valence-electron chi connectivity index (χ0n) is 30.4. The lowest BCUT2D eigenvalue weighted by Gasteiger charge is -2.14. The van der Waals surface area contributed by atoms with E-state index in [4.69, 9.17) is 39.9 Å². The van der Waals surface area contributed by atoms with Crippen molar-refractivity contribution in [3.05, 3.63) is 120 Å². The van der Waals surface area contributed by atoms with Crippen LogP contribution in [0.4, 0.5) is 0 Å². The summed E-state index contributed by atoms with van der Waals surface area (Å²) in [6.45, 7) is 14.4. The van der Waals surface area contributed by atoms with Crippen molar-refractivity contribution in [2.24, 2.45) is 0 Å². The molecule has 3 aromatic carbocycles. The maximum Gasteiger partial charge on any atom is 0.163 e. The highest BCUT2D eigenvalue weighted by Crippen LogP contribution is 2.33. The molecule has 4 aromatic heterocycles. The van der Waals surface area contributed by atoms with Crippen LogP contribution in [0.2, 0.25) is 0 Å². The Kier molecular flexibility index (Phi) is 9.63. The summed E-state index contributed by atoms with van der Waals surface area (Å²) in [6, 6.07) is 30.0. The standard InChI is InChI=1S/C42H40N10/c1-24(2)35-46-36(25(3)4)48-39(47-35)29-16-13-17-30(20-29)40-49-37(26(5)6)50-42(52-40)33-22-31(34-18-11-12-19-43-34)21-32(23-33)41-45-27(7)44-38(51-41)28-14-9-8-10-15-28/h8-26H,1-7H3. The van der Waals surface area contributed by atoms with Crippen molar-refractivity contribution in [2.45, 2.75) is 66.2 Å². The maximum atomic E-state index is 5.09. The number of aryl methyl sites for hydroxylation is 1. The molecule has 0 bridgehead atoms. The summed E-state index contributed by atoms with van der Waals surface area (Å²) in [4.78, 5) is 48.4. The topological polar surface area (TPSA) is 129 Å². The van der Waals surface area contributed by atoms with Crippen LogP contribution in [0.3, 0.4) is 0 Å². The van der Waals surface area contributed by atoms with Crippen LogP contribution in [0.1, 0.15) is 82.6 Å². The van der Waals surface area contributed by atoms with Gasteiger partial charge < -0.3 is 0 Å². The molecule has 7 aromatic rings. The number of hydrogen-bond acceptors (Lipinski definition) is 10. The molecule has 10 nitrogen and oxygen atoms in total. The van der Waals surface area contributed by atoms with E-state index in [-0.39, 0.29) is 17.8 Å². The average molecular weight is 685 g/mol. The quantitative estimate of drug-likeness (QED) is 0.145. The van der Waals surface area contributed by atoms with Crippen LogP contribution in [0, 0.1) is 6.92 Å². The average Bonchev–Trinajstić information content (AvgIpc) is 3.17. The Morgan fingerprint density at radius 3 is 1.33 bits per heavy atom. The Bertz CT molecular complexity index is 2330. The Morgan fingerprint density at radius 1 is 0.365 bits per heavy atom. The summed E-state index contributed by atoms with van der Waals surface area (Å²) in [5, 5.41) is 0. The van der Waals surface area contributed by atoms with Gasteiger partial charge in [0, 0.05) is 57.3 Å². The number of hydrogen-bond donors (Lipinski definition) is 0. The molecule has 52 heavy (non-hydrogen) atoms. The molecule has 0 radical (unpaired) electrons. The number of benzene rings is 3. The monoisotopic (exact) mass is 684 g/mol. The van der Waals surface area contributed by atoms with Crippen molar-refractivity contribution < 1.29 is 0 Å². The highest BCUT2D eigenvalue weighted by atomic mass is 15.1. The molecule has 0 fully saturated rings. The van der Waals surface area contributed by atoms with E-state index in [2.05, 4.69) is 63.6 Å². The van der Waals surface area contributed by atoms with Crippen molar-refractivity contribution in [2.75, 3.05) is 0 Å². The predicted molar refractivity (Wildman–Crippen MR) is 204 cm³/mol. The Labute approximate surface area is 304 Å². The zero-order chi connectivity index (χ0) is 36.4. The fourth-order valence-corrected chi connectivity index (χ4v) is 5.66. The molecule has 4 heterocycles. The summed E-state index contributed by atoms with van der Waals surface area (Å²) in [5.74, 6) is 6.13. The lowest BCUT2D eigenvalue weighted by Crippen LogP contribution is -2.08. The van der Waals surface area contributed by atoms with Crippen LogP contribution in [0.25, 0.3) is 68.2 Å². The van der Waals surface area contributed by atoms with Crippen LogP contribution >= 0.6 is 0 Å². The lowest BCUT2D eigenvalue weighted by molar-refractivity contribution is 0.697. The van der Waals surface area contributed by atoms with Gasteiger partial charge in [-0.2, -0.15) is 0 Å². The van der Waals surface area contributed by atoms with E-state index >= 15 is 0 Å². The molecule has 0 amide bonds. The Morgan fingerprint density at radius 2 is 0.788 bits per heavy atom. The second-order valence-electron chi connectivity index (χ2n) is 13.7. The van der Waals surface area contributed by atoms with Crippen molar-refractivity contribution >= 4 is 0 Å². The summed E-state index contributed by atoms with van der Waals surface area (Å²) in [7, 11) is 0. The van der Waals surface area contributed by atoms with Crippen molar-refractivity contribution in [3.63, 3.8) is 0 Å². The van der Waals surface area contributed by atoms with Crippen molar-refractivity contribution in [3.8, 4) is 68.2 Å². The highest BCUT2D eigenvalue weighted by Gasteiger charge is 2.19. The molecule has 0 aliphatic carbocycles. The first kappa shape index (κ1) is 34.3. The Hall–Kier alpha value is -6.16. The molecule has 0 atom stereocenters. The molecule has 0 spiro atoms. The second-order valence-corrected chi connectivity index (χ2v) is 13.7. The molecule has 0 saturated heterocycles. The molecule has 0 unspecified atom stereocenters. The largest absolute Gasteiger partial charge is 0.256 e. The summed E-state index contributed by atoms with van der Waals surface area (Å²) >= 11 is 0. The van der Waals surface area contributed by atoms with E-state index in [1.54, 1.807) is 6.20 Å². The van der Waals surface area contributed by atoms with Gasteiger partial charge in [-0.3, -0.25) is 4.98 Å². The number of aromatic nitrogens is 10. The molecule has 0 aliphatic heterocycles. The summed E-state index contributed by atoms with van der Waals surface area (Å²) < 4.78 is 0. The van der Waals surface area contributed by atoms with Gasteiger partial charge in [-0.05, 0) is 43.3 Å². The maximum absolute atomic E-state index is 5.09. The van der Waals surface area contributed by atoms with Crippen molar-refractivity contribution in [1.29, 1.82) is 0 Å². The van der Waals surface area contributed by atoms with E-state index in [0.29, 0.717) is 40.8 Å². The van der Waals surface area contributed by atoms with Crippen molar-refractivity contribution in [1.82, 2.24) is 49.8 Å². The SMILES string of the molecule is Cc1nc(-c2ccccc2)nc(-c2cc(-c3ccccn3)cc(-c3nc(-c4cccc(-c5nc(C(C)C)nc(C(C)C)n5)c4)nc(C(C)C)n3)c2)n1. The first-order valence-corrected chi connectivity index (χ1v) is 17.6. The van der Waals surface area contributed by atoms with Gasteiger partial charge in [-0.15, -0.1) is 0 Å². The third-order valence-electron chi connectivity index (χ3n) is 8.44. The molecule has 0 N–H and O–H groups in total. The first-order valence-electron chi connectivity index (χ1n) is 17.6. The zero-order valence-corrected chi connectivity index (χ0v) is 30.4. The lowest BCUT2D eigenvalue weighted by atomic mass is 10.0. The molecule has 10 heteroatoms. The van der Waals surface area contributed by atoms with E-state index < -0.39 is 0 Å². The predicted octanol–water partition coefficient (Wildman–Crippen LogP) is 9.32. The highest BCUT2D eigenvalue weighted by molar-refractivity contribution is 5.77. The van der Waals surface area contributed by atoms with Crippen LogP contribution in [0.5, 0.6) is 0 Å². The second kappa shape index (κ2) is 14.6. The van der Waals surface area contributed by atoms with E-state index in [0.717, 1.165) is 50.7 Å². The minimum Gasteiger partial charge on any atom is -0.256 e. The number of pyridine rings is 1. The minimum absolute atomic E-state index is 0.0486. The van der Waals surface area contributed by atoms with Gasteiger partial charge in [0.15, 0.2) is 29.1 Å². The van der Waals surface area contributed by atoms with Gasteiger partial charge in [0.25, 0.3) is 0 Å². The summed E-state index contributed by atoms with van der Waals surface area (Å²) in [6.07, 6.45) is 1.79. The molecule has 258 valence electrons. The van der Waals surface area contributed by atoms with E-state index in [9.17, 15) is 0 Å². The van der Waals surface area contributed by atoms with Gasteiger partial charge in [-0.25, -0.2) is 44.9 Å². The Balaban J connectivity index is 1.38. The fourth-order valence-electron chi connectivity index (χ4n) is 5.66. The van der Waals surface area contributed by atoms with Crippen LogP contribution in [-0.2, 0) is 0 Å². The van der Waals surface area contributed by atoms with Gasteiger partial charge in [0.05, 0.1) is 5.69 Å². The molecule has 7 rings (SSSR count). The normalized spacial score (nSPS) is 11.5. The van der Waals surface area contributed by atoms with Crippen LogP contribution < -0.4 is 0 Å². The van der Waals surface area contributed by atoms with Crippen LogP contribution in [0.15, 0.2) is 97.2 Å². The number of nitrogens with zero attached hydrogens (tertiary/aromatic N) is 10. The minimum atomic E-state index is 0.0486. The fraction of sp³-hybridized carbons (Fsp3) is 0.238. The van der Waals surface area contributed by atoms with Gasteiger partial charge in [-0.1, -0.05) is 96.1 Å². The molecule has 0 saturated carbocycles. The smallest absolute Gasteiger partial charge is 0.163 e. The first-order chi connectivity index (χ1) is 25.1. The third kappa shape index (κ3) is 7.46. The molecular weight excluding hydrogens is 645 g/mol. The van der Waals surface area contributed by atoms with E-state index in [1.807, 2.05) is 85.8 Å².